The Hall–Kier alpha value is -2.09. The van der Waals surface area contributed by atoms with Gasteiger partial charge in [-0.15, -0.1) is 0 Å². The lowest BCUT2D eigenvalue weighted by atomic mass is 10.2. The maximum Gasteiger partial charge on any atom is 0.252 e. The number of ether oxygens (including phenoxy) is 1. The summed E-state index contributed by atoms with van der Waals surface area (Å²) in [5, 5.41) is 2.92. The fraction of sp³-hybridized carbons (Fsp3) is 0.278. The Morgan fingerprint density at radius 2 is 1.85 bits per heavy atom. The largest absolute Gasteiger partial charge is 0.494 e. The Morgan fingerprint density at radius 1 is 1.15 bits per heavy atom. The molecule has 0 unspecified atom stereocenters. The van der Waals surface area contributed by atoms with E-state index in [-0.39, 0.29) is 15.5 Å². The van der Waals surface area contributed by atoms with Gasteiger partial charge in [0.1, 0.15) is 5.75 Å². The zero-order valence-electron chi connectivity index (χ0n) is 14.6. The Labute approximate surface area is 158 Å². The zero-order valence-corrected chi connectivity index (χ0v) is 16.2. The van der Waals surface area contributed by atoms with E-state index in [1.165, 1.54) is 32.3 Å². The number of nitrogens with zero attached hydrogens (tertiary/aromatic N) is 1. The topological polar surface area (TPSA) is 75.7 Å². The molecule has 26 heavy (non-hydrogen) atoms. The minimum atomic E-state index is -3.63. The zero-order chi connectivity index (χ0) is 19.2. The molecule has 0 aliphatic heterocycles. The van der Waals surface area contributed by atoms with E-state index in [2.05, 4.69) is 5.32 Å². The van der Waals surface area contributed by atoms with Gasteiger partial charge in [-0.3, -0.25) is 4.79 Å². The van der Waals surface area contributed by atoms with Crippen molar-refractivity contribution >= 4 is 27.5 Å². The monoisotopic (exact) mass is 396 g/mol. The lowest BCUT2D eigenvalue weighted by molar-refractivity contribution is 0.0951. The quantitative estimate of drug-likeness (QED) is 0.696. The second-order valence-electron chi connectivity index (χ2n) is 5.70. The molecule has 6 nitrogen and oxygen atoms in total. The smallest absolute Gasteiger partial charge is 0.252 e. The van der Waals surface area contributed by atoms with Crippen LogP contribution in [0.1, 0.15) is 16.8 Å². The summed E-state index contributed by atoms with van der Waals surface area (Å²) in [5.41, 5.74) is 0.124. The number of amides is 1. The van der Waals surface area contributed by atoms with Crippen LogP contribution in [0.25, 0.3) is 0 Å². The van der Waals surface area contributed by atoms with Gasteiger partial charge in [-0.1, -0.05) is 29.8 Å². The van der Waals surface area contributed by atoms with Crippen LogP contribution in [-0.4, -0.2) is 45.9 Å². The van der Waals surface area contributed by atoms with Gasteiger partial charge < -0.3 is 10.1 Å². The molecule has 2 aromatic carbocycles. The Bertz CT molecular complexity index is 855. The molecule has 0 spiro atoms. The summed E-state index contributed by atoms with van der Waals surface area (Å²) < 4.78 is 31.0. The van der Waals surface area contributed by atoms with Gasteiger partial charge in [0.15, 0.2) is 0 Å². The highest BCUT2D eigenvalue weighted by Gasteiger charge is 2.20. The molecule has 0 aromatic heterocycles. The van der Waals surface area contributed by atoms with Crippen molar-refractivity contribution in [1.82, 2.24) is 9.62 Å². The molecule has 2 aromatic rings. The number of carbonyl (C=O) groups excluding carboxylic acids is 1. The van der Waals surface area contributed by atoms with Crippen molar-refractivity contribution in [1.29, 1.82) is 0 Å². The number of carbonyl (C=O) groups is 1. The van der Waals surface area contributed by atoms with Crippen LogP contribution in [0.3, 0.4) is 0 Å². The SMILES string of the molecule is CN(C)S(=O)(=O)c1ccc(Cl)c(C(=O)NCCCOc2ccccc2)c1. The molecular weight excluding hydrogens is 376 g/mol. The number of hydrogen-bond donors (Lipinski definition) is 1. The van der Waals surface area contributed by atoms with Crippen LogP contribution in [-0.2, 0) is 10.0 Å². The summed E-state index contributed by atoms with van der Waals surface area (Å²) >= 11 is 6.05. The van der Waals surface area contributed by atoms with Crippen LogP contribution in [0.4, 0.5) is 0 Å². The molecule has 0 atom stereocenters. The standard InChI is InChI=1S/C18H21ClN2O4S/c1-21(2)26(23,24)15-9-10-17(19)16(13-15)18(22)20-11-6-12-25-14-7-4-3-5-8-14/h3-5,7-10,13H,6,11-12H2,1-2H3,(H,20,22). The second kappa shape index (κ2) is 9.02. The highest BCUT2D eigenvalue weighted by molar-refractivity contribution is 7.89. The van der Waals surface area contributed by atoms with E-state index in [0.717, 1.165) is 10.1 Å². The highest BCUT2D eigenvalue weighted by Crippen LogP contribution is 2.22. The fourth-order valence-electron chi connectivity index (χ4n) is 2.13. The summed E-state index contributed by atoms with van der Waals surface area (Å²) in [5.74, 6) is 0.342. The molecule has 0 saturated carbocycles. The van der Waals surface area contributed by atoms with Crippen molar-refractivity contribution < 1.29 is 17.9 Å². The molecule has 2 rings (SSSR count). The predicted molar refractivity (Wildman–Crippen MR) is 101 cm³/mol. The molecule has 0 bridgehead atoms. The third-order valence-corrected chi connectivity index (χ3v) is 5.72. The van der Waals surface area contributed by atoms with Gasteiger partial charge in [-0.05, 0) is 36.8 Å². The van der Waals surface area contributed by atoms with E-state index in [1.54, 1.807) is 0 Å². The van der Waals surface area contributed by atoms with E-state index in [9.17, 15) is 13.2 Å². The highest BCUT2D eigenvalue weighted by atomic mass is 35.5. The third kappa shape index (κ3) is 5.20. The normalized spacial score (nSPS) is 11.4. The Balaban J connectivity index is 1.93. The van der Waals surface area contributed by atoms with E-state index in [0.29, 0.717) is 19.6 Å². The first-order valence-corrected chi connectivity index (χ1v) is 9.82. The van der Waals surface area contributed by atoms with Crippen molar-refractivity contribution in [3.63, 3.8) is 0 Å². The van der Waals surface area contributed by atoms with E-state index in [1.807, 2.05) is 30.3 Å². The molecule has 0 radical (unpaired) electrons. The Kier molecular flexibility index (Phi) is 7.02. The summed E-state index contributed by atoms with van der Waals surface area (Å²) in [4.78, 5) is 12.3. The minimum Gasteiger partial charge on any atom is -0.494 e. The maximum atomic E-state index is 12.3. The van der Waals surface area contributed by atoms with Crippen molar-refractivity contribution in [3.05, 3.63) is 59.1 Å². The van der Waals surface area contributed by atoms with E-state index < -0.39 is 15.9 Å². The van der Waals surface area contributed by atoms with E-state index in [4.69, 9.17) is 16.3 Å². The number of para-hydroxylation sites is 1. The lowest BCUT2D eigenvalue weighted by Crippen LogP contribution is -2.27. The van der Waals surface area contributed by atoms with Crippen LogP contribution in [0.5, 0.6) is 5.75 Å². The average molecular weight is 397 g/mol. The van der Waals surface area contributed by atoms with Crippen LogP contribution >= 0.6 is 11.6 Å². The average Bonchev–Trinajstić information content (AvgIpc) is 2.62. The summed E-state index contributed by atoms with van der Waals surface area (Å²) in [6.07, 6.45) is 0.605. The summed E-state index contributed by atoms with van der Waals surface area (Å²) in [7, 11) is -0.781. The van der Waals surface area contributed by atoms with Crippen LogP contribution in [0.2, 0.25) is 5.02 Å². The molecular formula is C18H21ClN2O4S. The number of hydrogen-bond acceptors (Lipinski definition) is 4. The first kappa shape index (κ1) is 20.2. The van der Waals surface area contributed by atoms with Gasteiger partial charge in [-0.2, -0.15) is 0 Å². The minimum absolute atomic E-state index is 0.0180. The van der Waals surface area contributed by atoms with Gasteiger partial charge in [0.05, 0.1) is 22.1 Å². The lowest BCUT2D eigenvalue weighted by Gasteiger charge is -2.13. The van der Waals surface area contributed by atoms with Crippen molar-refractivity contribution in [3.8, 4) is 5.75 Å². The van der Waals surface area contributed by atoms with Gasteiger partial charge >= 0.3 is 0 Å². The molecule has 0 aliphatic carbocycles. The molecule has 0 saturated heterocycles. The van der Waals surface area contributed by atoms with Gasteiger partial charge in [0.2, 0.25) is 10.0 Å². The number of sulfonamides is 1. The van der Waals surface area contributed by atoms with E-state index >= 15 is 0 Å². The molecule has 8 heteroatoms. The maximum absolute atomic E-state index is 12.3. The Morgan fingerprint density at radius 3 is 2.50 bits per heavy atom. The van der Waals surface area contributed by atoms with Crippen LogP contribution in [0, 0.1) is 0 Å². The van der Waals surface area contributed by atoms with Gasteiger partial charge in [0, 0.05) is 20.6 Å². The first-order valence-electron chi connectivity index (χ1n) is 8.00. The van der Waals surface area contributed by atoms with Crippen LogP contribution in [0.15, 0.2) is 53.4 Å². The number of nitrogens with one attached hydrogen (secondary N) is 1. The molecule has 0 heterocycles. The van der Waals surface area contributed by atoms with Crippen molar-refractivity contribution in [2.24, 2.45) is 0 Å². The molecule has 1 N–H and O–H groups in total. The number of benzene rings is 2. The predicted octanol–water partition coefficient (Wildman–Crippen LogP) is 2.79. The first-order chi connectivity index (χ1) is 12.3. The van der Waals surface area contributed by atoms with Crippen molar-refractivity contribution in [2.45, 2.75) is 11.3 Å². The number of halogens is 1. The molecule has 0 aliphatic rings. The molecule has 0 fully saturated rings. The molecule has 1 amide bonds. The van der Waals surface area contributed by atoms with Gasteiger partial charge in [-0.25, -0.2) is 12.7 Å². The number of rotatable bonds is 8. The summed E-state index contributed by atoms with van der Waals surface area (Å²) in [6.45, 7) is 0.833. The third-order valence-electron chi connectivity index (χ3n) is 3.58. The van der Waals surface area contributed by atoms with Crippen LogP contribution < -0.4 is 10.1 Å². The second-order valence-corrected chi connectivity index (χ2v) is 8.26. The van der Waals surface area contributed by atoms with Gasteiger partial charge in [0.25, 0.3) is 5.91 Å². The molecule has 140 valence electrons. The van der Waals surface area contributed by atoms with Crippen molar-refractivity contribution in [2.75, 3.05) is 27.2 Å². The summed E-state index contributed by atoms with van der Waals surface area (Å²) in [6, 6.07) is 13.5. The fourth-order valence-corrected chi connectivity index (χ4v) is 3.26.